The van der Waals surface area contributed by atoms with Crippen molar-refractivity contribution in [1.82, 2.24) is 0 Å². The zero-order chi connectivity index (χ0) is 18.8. The number of amides is 1. The summed E-state index contributed by atoms with van der Waals surface area (Å²) in [6.07, 6.45) is -0.253. The Hall–Kier alpha value is -3.15. The van der Waals surface area contributed by atoms with Gasteiger partial charge in [0.25, 0.3) is 0 Å². The number of hydrogen-bond donors (Lipinski definition) is 1. The first-order chi connectivity index (χ1) is 12.4. The maximum absolute atomic E-state index is 12.6. The second kappa shape index (κ2) is 7.00. The molecule has 0 aliphatic carbocycles. The summed E-state index contributed by atoms with van der Waals surface area (Å²) in [5.41, 5.74) is 2.46. The van der Waals surface area contributed by atoms with E-state index in [9.17, 15) is 19.5 Å². The van der Waals surface area contributed by atoms with Crippen molar-refractivity contribution in [1.29, 1.82) is 0 Å². The van der Waals surface area contributed by atoms with E-state index in [-0.39, 0.29) is 23.0 Å². The van der Waals surface area contributed by atoms with E-state index in [1.54, 1.807) is 23.1 Å². The molecule has 1 aliphatic heterocycles. The third kappa shape index (κ3) is 3.44. The highest BCUT2D eigenvalue weighted by atomic mass is 16.5. The van der Waals surface area contributed by atoms with Gasteiger partial charge in [0.05, 0.1) is 5.56 Å². The fraction of sp³-hybridized carbons (Fsp3) is 0.250. The summed E-state index contributed by atoms with van der Waals surface area (Å²) in [6.45, 7) is 3.64. The Morgan fingerprint density at radius 3 is 2.38 bits per heavy atom. The molecule has 2 aromatic carbocycles. The molecule has 0 spiro atoms. The van der Waals surface area contributed by atoms with Gasteiger partial charge < -0.3 is 14.7 Å². The first-order valence-corrected chi connectivity index (χ1v) is 8.32. The molecule has 0 radical (unpaired) electrons. The maximum Gasteiger partial charge on any atom is 0.338 e. The lowest BCUT2D eigenvalue weighted by atomic mass is 10.0. The molecule has 134 valence electrons. The van der Waals surface area contributed by atoms with E-state index >= 15 is 0 Å². The normalized spacial score (nSPS) is 13.8. The standard InChI is InChI=1S/C20H19NO5/c1-12(26-20(25)14-3-6-17(23)7-4-14)19(24)16-5-8-18-15(11-16)9-10-21(18)13(2)22/h3-8,11-12,23H,9-10H2,1-2H3/t12-/m1/s1. The number of rotatable bonds is 4. The maximum atomic E-state index is 12.6. The SMILES string of the molecule is CC(=O)N1CCc2cc(C(=O)[C@@H](C)OC(=O)c3ccc(O)cc3)ccc21. The molecule has 0 bridgehead atoms. The van der Waals surface area contributed by atoms with Crippen molar-refractivity contribution < 1.29 is 24.2 Å². The molecule has 1 N–H and O–H groups in total. The number of esters is 1. The predicted octanol–water partition coefficient (Wildman–Crippen LogP) is 2.73. The Bertz CT molecular complexity index is 872. The first kappa shape index (κ1) is 17.7. The second-order valence-corrected chi connectivity index (χ2v) is 6.22. The zero-order valence-corrected chi connectivity index (χ0v) is 14.6. The topological polar surface area (TPSA) is 83.9 Å². The van der Waals surface area contributed by atoms with Crippen molar-refractivity contribution in [2.75, 3.05) is 11.4 Å². The summed E-state index contributed by atoms with van der Waals surface area (Å²) in [5, 5.41) is 9.26. The third-order valence-corrected chi connectivity index (χ3v) is 4.40. The average Bonchev–Trinajstić information content (AvgIpc) is 3.04. The molecule has 26 heavy (non-hydrogen) atoms. The second-order valence-electron chi connectivity index (χ2n) is 6.22. The highest BCUT2D eigenvalue weighted by Crippen LogP contribution is 2.29. The van der Waals surface area contributed by atoms with E-state index in [1.165, 1.54) is 38.1 Å². The number of ketones is 1. The lowest BCUT2D eigenvalue weighted by molar-refractivity contribution is -0.116. The largest absolute Gasteiger partial charge is 0.508 e. The fourth-order valence-electron chi connectivity index (χ4n) is 3.00. The molecule has 0 aromatic heterocycles. The van der Waals surface area contributed by atoms with Gasteiger partial charge in [-0.3, -0.25) is 9.59 Å². The van der Waals surface area contributed by atoms with E-state index in [0.717, 1.165) is 11.3 Å². The highest BCUT2D eigenvalue weighted by Gasteiger charge is 2.25. The number of fused-ring (bicyclic) bond motifs is 1. The van der Waals surface area contributed by atoms with Crippen LogP contribution in [-0.4, -0.2) is 35.4 Å². The number of anilines is 1. The lowest BCUT2D eigenvalue weighted by Gasteiger charge is -2.16. The van der Waals surface area contributed by atoms with Crippen LogP contribution in [0, 0.1) is 0 Å². The minimum absolute atomic E-state index is 0.0287. The Labute approximate surface area is 151 Å². The van der Waals surface area contributed by atoms with E-state index in [4.69, 9.17) is 4.74 Å². The number of Topliss-reactive ketones (excluding diaryl/α,β-unsaturated/α-hetero) is 1. The van der Waals surface area contributed by atoms with Gasteiger partial charge in [-0.1, -0.05) is 0 Å². The lowest BCUT2D eigenvalue weighted by Crippen LogP contribution is -2.26. The van der Waals surface area contributed by atoms with Gasteiger partial charge in [0.15, 0.2) is 6.10 Å². The third-order valence-electron chi connectivity index (χ3n) is 4.40. The quantitative estimate of drug-likeness (QED) is 0.675. The van der Waals surface area contributed by atoms with Crippen LogP contribution in [0.25, 0.3) is 0 Å². The molecule has 1 amide bonds. The van der Waals surface area contributed by atoms with E-state index in [1.807, 2.05) is 0 Å². The number of phenolic OH excluding ortho intramolecular Hbond substituents is 1. The van der Waals surface area contributed by atoms with Gasteiger partial charge in [-0.25, -0.2) is 4.79 Å². The number of ether oxygens (including phenoxy) is 1. The highest BCUT2D eigenvalue weighted by molar-refractivity contribution is 6.02. The van der Waals surface area contributed by atoms with Crippen LogP contribution >= 0.6 is 0 Å². The molecule has 0 saturated carbocycles. The monoisotopic (exact) mass is 353 g/mol. The number of phenols is 1. The van der Waals surface area contributed by atoms with E-state index < -0.39 is 12.1 Å². The molecule has 1 atom stereocenters. The van der Waals surface area contributed by atoms with Crippen LogP contribution in [0.2, 0.25) is 0 Å². The number of benzene rings is 2. The summed E-state index contributed by atoms with van der Waals surface area (Å²) in [6, 6.07) is 10.8. The first-order valence-electron chi connectivity index (χ1n) is 8.32. The van der Waals surface area contributed by atoms with Crippen LogP contribution in [0.4, 0.5) is 5.69 Å². The summed E-state index contributed by atoms with van der Waals surface area (Å²) in [4.78, 5) is 38.0. The van der Waals surface area contributed by atoms with Gasteiger partial charge in [0.1, 0.15) is 5.75 Å². The Balaban J connectivity index is 1.72. The van der Waals surface area contributed by atoms with Crippen molar-refractivity contribution in [3.8, 4) is 5.75 Å². The van der Waals surface area contributed by atoms with Crippen LogP contribution in [0.3, 0.4) is 0 Å². The molecule has 3 rings (SSSR count). The summed E-state index contributed by atoms with van der Waals surface area (Å²) < 4.78 is 5.24. The van der Waals surface area contributed by atoms with Crippen molar-refractivity contribution in [2.24, 2.45) is 0 Å². The molecule has 0 unspecified atom stereocenters. The van der Waals surface area contributed by atoms with Crippen LogP contribution in [-0.2, 0) is 16.0 Å². The molecule has 6 heteroatoms. The number of nitrogens with zero attached hydrogens (tertiary/aromatic N) is 1. The van der Waals surface area contributed by atoms with Gasteiger partial charge in [-0.2, -0.15) is 0 Å². The summed E-state index contributed by atoms with van der Waals surface area (Å²) >= 11 is 0. The van der Waals surface area contributed by atoms with Gasteiger partial charge in [0, 0.05) is 24.7 Å². The Kier molecular flexibility index (Phi) is 4.75. The number of carbonyl (C=O) groups excluding carboxylic acids is 3. The van der Waals surface area contributed by atoms with Gasteiger partial charge >= 0.3 is 5.97 Å². The van der Waals surface area contributed by atoms with Gasteiger partial charge in [-0.15, -0.1) is 0 Å². The molecule has 2 aromatic rings. The van der Waals surface area contributed by atoms with Crippen LogP contribution in [0.15, 0.2) is 42.5 Å². The van der Waals surface area contributed by atoms with Crippen molar-refractivity contribution in [3.63, 3.8) is 0 Å². The minimum Gasteiger partial charge on any atom is -0.508 e. The molecular weight excluding hydrogens is 334 g/mol. The van der Waals surface area contributed by atoms with Crippen LogP contribution in [0.1, 0.15) is 40.1 Å². The number of aromatic hydroxyl groups is 1. The summed E-state index contributed by atoms with van der Waals surface area (Å²) in [7, 11) is 0. The molecule has 0 fully saturated rings. The fourth-order valence-corrected chi connectivity index (χ4v) is 3.00. The molecular formula is C20H19NO5. The average molecular weight is 353 g/mol. The number of carbonyl (C=O) groups is 3. The van der Waals surface area contributed by atoms with Crippen molar-refractivity contribution in [2.45, 2.75) is 26.4 Å². The van der Waals surface area contributed by atoms with Crippen molar-refractivity contribution >= 4 is 23.3 Å². The Morgan fingerprint density at radius 1 is 1.08 bits per heavy atom. The zero-order valence-electron chi connectivity index (χ0n) is 14.6. The van der Waals surface area contributed by atoms with Gasteiger partial charge in [-0.05, 0) is 61.4 Å². The summed E-state index contributed by atoms with van der Waals surface area (Å²) in [5.74, 6) is -0.918. The van der Waals surface area contributed by atoms with Gasteiger partial charge in [0.2, 0.25) is 11.7 Å². The molecule has 1 aliphatic rings. The molecule has 0 saturated heterocycles. The van der Waals surface area contributed by atoms with Crippen LogP contribution < -0.4 is 4.90 Å². The van der Waals surface area contributed by atoms with Crippen molar-refractivity contribution in [3.05, 3.63) is 59.2 Å². The smallest absolute Gasteiger partial charge is 0.338 e. The Morgan fingerprint density at radius 2 is 1.73 bits per heavy atom. The molecule has 6 nitrogen and oxygen atoms in total. The van der Waals surface area contributed by atoms with E-state index in [0.29, 0.717) is 18.5 Å². The molecule has 1 heterocycles. The van der Waals surface area contributed by atoms with Crippen LogP contribution in [0.5, 0.6) is 5.75 Å². The predicted molar refractivity (Wildman–Crippen MR) is 95.5 cm³/mol. The minimum atomic E-state index is -0.945. The van der Waals surface area contributed by atoms with E-state index in [2.05, 4.69) is 0 Å². The number of hydrogen-bond acceptors (Lipinski definition) is 5.